The average molecular weight is 260 g/mol. The highest BCUT2D eigenvalue weighted by molar-refractivity contribution is 5.84. The molecule has 0 spiro atoms. The lowest BCUT2D eigenvalue weighted by atomic mass is 10.1. The second-order valence-electron chi connectivity index (χ2n) is 4.70. The van der Waals surface area contributed by atoms with Gasteiger partial charge in [0.25, 0.3) is 0 Å². The highest BCUT2D eigenvalue weighted by atomic mass is 16.2. The van der Waals surface area contributed by atoms with Crippen LogP contribution in [0.3, 0.4) is 0 Å². The van der Waals surface area contributed by atoms with Crippen LogP contribution < -0.4 is 10.6 Å². The van der Waals surface area contributed by atoms with Crippen LogP contribution in [0.4, 0.5) is 5.69 Å². The van der Waals surface area contributed by atoms with Gasteiger partial charge in [-0.1, -0.05) is 31.6 Å². The van der Waals surface area contributed by atoms with Crippen molar-refractivity contribution in [2.75, 3.05) is 11.9 Å². The molecule has 0 radical (unpaired) electrons. The van der Waals surface area contributed by atoms with Crippen molar-refractivity contribution >= 4 is 11.6 Å². The second kappa shape index (κ2) is 8.35. The number of benzene rings is 1. The average Bonchev–Trinajstić information content (AvgIpc) is 2.43. The molecule has 0 aliphatic heterocycles. The molecule has 0 aliphatic rings. The lowest BCUT2D eigenvalue weighted by Crippen LogP contribution is -2.37. The fourth-order valence-corrected chi connectivity index (χ4v) is 1.79. The molecule has 0 aliphatic carbocycles. The Balaban J connectivity index is 2.47. The van der Waals surface area contributed by atoms with Gasteiger partial charge in [-0.2, -0.15) is 0 Å². The van der Waals surface area contributed by atoms with Gasteiger partial charge in [-0.05, 0) is 37.5 Å². The van der Waals surface area contributed by atoms with Gasteiger partial charge in [0.05, 0.1) is 0 Å². The summed E-state index contributed by atoms with van der Waals surface area (Å²) in [6, 6.07) is 8.05. The first-order chi connectivity index (χ1) is 9.17. The molecule has 1 unspecified atom stereocenters. The molecule has 1 aromatic carbocycles. The maximum Gasteiger partial charge on any atom is 0.242 e. The number of unbranched alkanes of at least 4 members (excludes halogenated alkanes) is 1. The van der Waals surface area contributed by atoms with Gasteiger partial charge in [0.2, 0.25) is 5.91 Å². The summed E-state index contributed by atoms with van der Waals surface area (Å²) >= 11 is 0. The Bertz CT molecular complexity index is 398. The van der Waals surface area contributed by atoms with Crippen LogP contribution in [0.15, 0.2) is 36.9 Å². The molecule has 3 heteroatoms. The third-order valence-electron chi connectivity index (χ3n) is 2.97. The van der Waals surface area contributed by atoms with E-state index in [1.165, 1.54) is 18.4 Å². The van der Waals surface area contributed by atoms with Crippen LogP contribution in [0.5, 0.6) is 0 Å². The van der Waals surface area contributed by atoms with Crippen LogP contribution in [0, 0.1) is 0 Å². The molecule has 0 saturated heterocycles. The Morgan fingerprint density at radius 1 is 1.37 bits per heavy atom. The van der Waals surface area contributed by atoms with Crippen LogP contribution in [0.2, 0.25) is 0 Å². The molecule has 0 saturated carbocycles. The van der Waals surface area contributed by atoms with Crippen molar-refractivity contribution in [3.63, 3.8) is 0 Å². The first-order valence-electron chi connectivity index (χ1n) is 6.91. The predicted molar refractivity (Wildman–Crippen MR) is 81.3 cm³/mol. The van der Waals surface area contributed by atoms with Crippen molar-refractivity contribution in [2.24, 2.45) is 0 Å². The molecule has 0 aromatic heterocycles. The molecule has 104 valence electrons. The minimum atomic E-state index is -0.249. The molecule has 0 bridgehead atoms. The van der Waals surface area contributed by atoms with Crippen LogP contribution in [0.25, 0.3) is 0 Å². The predicted octanol–water partition coefficient (Wildman–Crippen LogP) is 3.13. The fourth-order valence-electron chi connectivity index (χ4n) is 1.79. The molecule has 2 N–H and O–H groups in total. The minimum Gasteiger partial charge on any atom is -0.374 e. The summed E-state index contributed by atoms with van der Waals surface area (Å²) in [5.74, 6) is -0.0186. The van der Waals surface area contributed by atoms with E-state index in [1.54, 1.807) is 6.08 Å². The van der Waals surface area contributed by atoms with Gasteiger partial charge in [0.1, 0.15) is 6.04 Å². The lowest BCUT2D eigenvalue weighted by molar-refractivity contribution is -0.121. The summed E-state index contributed by atoms with van der Waals surface area (Å²) in [4.78, 5) is 11.7. The summed E-state index contributed by atoms with van der Waals surface area (Å²) < 4.78 is 0. The molecule has 0 heterocycles. The lowest BCUT2D eigenvalue weighted by Gasteiger charge is -2.15. The van der Waals surface area contributed by atoms with E-state index in [2.05, 4.69) is 36.3 Å². The van der Waals surface area contributed by atoms with Gasteiger partial charge in [0, 0.05) is 12.2 Å². The summed E-state index contributed by atoms with van der Waals surface area (Å²) in [6.07, 6.45) is 5.22. The third kappa shape index (κ3) is 5.60. The van der Waals surface area contributed by atoms with Gasteiger partial charge < -0.3 is 10.6 Å². The number of hydrogen-bond donors (Lipinski definition) is 2. The smallest absolute Gasteiger partial charge is 0.242 e. The molecule has 3 nitrogen and oxygen atoms in total. The van der Waals surface area contributed by atoms with E-state index in [0.29, 0.717) is 6.54 Å². The second-order valence-corrected chi connectivity index (χ2v) is 4.70. The zero-order valence-corrected chi connectivity index (χ0v) is 11.9. The SMILES string of the molecule is C=CCNC(=O)C(C)Nc1ccc(CCCC)cc1. The Morgan fingerprint density at radius 2 is 2.05 bits per heavy atom. The minimum absolute atomic E-state index is 0.0186. The maximum absolute atomic E-state index is 11.7. The zero-order valence-electron chi connectivity index (χ0n) is 11.9. The number of carbonyl (C=O) groups excluding carboxylic acids is 1. The fraction of sp³-hybridized carbons (Fsp3) is 0.438. The Kier molecular flexibility index (Phi) is 6.72. The monoisotopic (exact) mass is 260 g/mol. The van der Waals surface area contributed by atoms with Crippen LogP contribution >= 0.6 is 0 Å². The van der Waals surface area contributed by atoms with E-state index < -0.39 is 0 Å². The van der Waals surface area contributed by atoms with Gasteiger partial charge in [-0.15, -0.1) is 6.58 Å². The normalized spacial score (nSPS) is 11.7. The van der Waals surface area contributed by atoms with Crippen molar-refractivity contribution < 1.29 is 4.79 Å². The molecule has 0 fully saturated rings. The standard InChI is InChI=1S/C16H24N2O/c1-4-6-7-14-8-10-15(11-9-14)18-13(3)16(19)17-12-5-2/h5,8-11,13,18H,2,4,6-7,12H2,1,3H3,(H,17,19). The highest BCUT2D eigenvalue weighted by Gasteiger charge is 2.10. The highest BCUT2D eigenvalue weighted by Crippen LogP contribution is 2.12. The van der Waals surface area contributed by atoms with E-state index >= 15 is 0 Å². The van der Waals surface area contributed by atoms with E-state index in [-0.39, 0.29) is 11.9 Å². The summed E-state index contributed by atoms with van der Waals surface area (Å²) in [5, 5.41) is 5.96. The van der Waals surface area contributed by atoms with Gasteiger partial charge in [0.15, 0.2) is 0 Å². The molecule has 1 amide bonds. The maximum atomic E-state index is 11.7. The number of carbonyl (C=O) groups is 1. The number of hydrogen-bond acceptors (Lipinski definition) is 2. The van der Waals surface area contributed by atoms with Crippen molar-refractivity contribution in [3.05, 3.63) is 42.5 Å². The number of anilines is 1. The quantitative estimate of drug-likeness (QED) is 0.705. The topological polar surface area (TPSA) is 41.1 Å². The zero-order chi connectivity index (χ0) is 14.1. The number of nitrogens with one attached hydrogen (secondary N) is 2. The molecule has 1 rings (SSSR count). The Labute approximate surface area is 116 Å². The van der Waals surface area contributed by atoms with Crippen molar-refractivity contribution in [2.45, 2.75) is 39.2 Å². The van der Waals surface area contributed by atoms with Gasteiger partial charge in [-0.3, -0.25) is 4.79 Å². The first-order valence-corrected chi connectivity index (χ1v) is 6.91. The Morgan fingerprint density at radius 3 is 2.63 bits per heavy atom. The van der Waals surface area contributed by atoms with E-state index in [0.717, 1.165) is 12.1 Å². The van der Waals surface area contributed by atoms with Crippen molar-refractivity contribution in [3.8, 4) is 0 Å². The van der Waals surface area contributed by atoms with Crippen LogP contribution in [-0.4, -0.2) is 18.5 Å². The van der Waals surface area contributed by atoms with Gasteiger partial charge >= 0.3 is 0 Å². The molecule has 19 heavy (non-hydrogen) atoms. The largest absolute Gasteiger partial charge is 0.374 e. The van der Waals surface area contributed by atoms with Crippen molar-refractivity contribution in [1.82, 2.24) is 5.32 Å². The van der Waals surface area contributed by atoms with E-state index in [1.807, 2.05) is 19.1 Å². The molecule has 1 aromatic rings. The third-order valence-corrected chi connectivity index (χ3v) is 2.97. The van der Waals surface area contributed by atoms with Crippen molar-refractivity contribution in [1.29, 1.82) is 0 Å². The number of amides is 1. The number of rotatable bonds is 8. The summed E-state index contributed by atoms with van der Waals surface area (Å²) in [5.41, 5.74) is 2.32. The summed E-state index contributed by atoms with van der Waals surface area (Å²) in [7, 11) is 0. The molecular formula is C16H24N2O. The van der Waals surface area contributed by atoms with Crippen LogP contribution in [0.1, 0.15) is 32.3 Å². The molecular weight excluding hydrogens is 236 g/mol. The van der Waals surface area contributed by atoms with E-state index in [4.69, 9.17) is 0 Å². The Hall–Kier alpha value is -1.77. The first kappa shape index (κ1) is 15.3. The van der Waals surface area contributed by atoms with Crippen LogP contribution in [-0.2, 0) is 11.2 Å². The summed E-state index contributed by atoms with van der Waals surface area (Å²) in [6.45, 7) is 8.12. The number of aryl methyl sites for hydroxylation is 1. The molecule has 1 atom stereocenters. The van der Waals surface area contributed by atoms with Gasteiger partial charge in [-0.25, -0.2) is 0 Å². The van der Waals surface area contributed by atoms with E-state index in [9.17, 15) is 4.79 Å².